The second kappa shape index (κ2) is 7.13. The van der Waals surface area contributed by atoms with Crippen LogP contribution in [0.1, 0.15) is 0 Å². The molecule has 0 amide bonds. The highest BCUT2D eigenvalue weighted by atomic mass is 15.0. The second-order valence-electron chi connectivity index (χ2n) is 10.6. The van der Waals surface area contributed by atoms with Gasteiger partial charge < -0.3 is 4.57 Å². The van der Waals surface area contributed by atoms with Gasteiger partial charge in [-0.3, -0.25) is 4.40 Å². The monoisotopic (exact) mass is 508 g/mol. The molecule has 0 unspecified atom stereocenters. The molecule has 0 radical (unpaired) electrons. The molecule has 40 heavy (non-hydrogen) atoms. The Labute approximate surface area is 227 Å². The van der Waals surface area contributed by atoms with Gasteiger partial charge in [-0.15, -0.1) is 0 Å². The summed E-state index contributed by atoms with van der Waals surface area (Å²) in [6.45, 7) is 0. The highest BCUT2D eigenvalue weighted by molar-refractivity contribution is 6.37. The van der Waals surface area contributed by atoms with Crippen LogP contribution < -0.4 is 0 Å². The van der Waals surface area contributed by atoms with Crippen LogP contribution in [0.2, 0.25) is 0 Å². The van der Waals surface area contributed by atoms with Crippen molar-refractivity contribution in [2.75, 3.05) is 0 Å². The van der Waals surface area contributed by atoms with Gasteiger partial charge in [0, 0.05) is 32.6 Å². The van der Waals surface area contributed by atoms with E-state index >= 15 is 0 Å². The summed E-state index contributed by atoms with van der Waals surface area (Å²) in [6.07, 6.45) is 0. The fourth-order valence-electron chi connectivity index (χ4n) is 7.01. The molecule has 0 aliphatic heterocycles. The third-order valence-corrected chi connectivity index (χ3v) is 8.59. The van der Waals surface area contributed by atoms with Crippen molar-refractivity contribution in [2.45, 2.75) is 0 Å². The molecular weight excluding hydrogens is 488 g/mol. The molecule has 4 aromatic heterocycles. The molecule has 0 fully saturated rings. The number of fused-ring (bicyclic) bond motifs is 13. The van der Waals surface area contributed by atoms with Gasteiger partial charge in [0.2, 0.25) is 0 Å². The van der Waals surface area contributed by atoms with Gasteiger partial charge in [-0.2, -0.15) is 0 Å². The van der Waals surface area contributed by atoms with Gasteiger partial charge in [0.25, 0.3) is 0 Å². The molecule has 0 aliphatic carbocycles. The maximum Gasteiger partial charge on any atom is 0.165 e. The molecule has 4 nitrogen and oxygen atoms in total. The molecule has 4 heteroatoms. The molecule has 0 saturated heterocycles. The summed E-state index contributed by atoms with van der Waals surface area (Å²) in [5.41, 5.74) is 9.65. The van der Waals surface area contributed by atoms with Crippen molar-refractivity contribution in [1.29, 1.82) is 0 Å². The van der Waals surface area contributed by atoms with Crippen LogP contribution in [-0.4, -0.2) is 18.9 Å². The maximum absolute atomic E-state index is 5.20. The molecule has 10 aromatic rings. The quantitative estimate of drug-likeness (QED) is 0.222. The SMILES string of the molecule is c1ccc(-n2c3ccccc3c3c4c5c6ccccc6cc6c7nc8ccccc8nc7n(c4ccc32)c65)cc1. The van der Waals surface area contributed by atoms with E-state index in [0.29, 0.717) is 0 Å². The largest absolute Gasteiger partial charge is 0.309 e. The number of hydrogen-bond donors (Lipinski definition) is 0. The minimum atomic E-state index is 0.912. The molecule has 10 rings (SSSR count). The summed E-state index contributed by atoms with van der Waals surface area (Å²) in [6, 6.07) is 43.2. The minimum absolute atomic E-state index is 0.912. The summed E-state index contributed by atoms with van der Waals surface area (Å²) in [7, 11) is 0. The Kier molecular flexibility index (Phi) is 3.65. The van der Waals surface area contributed by atoms with Gasteiger partial charge >= 0.3 is 0 Å². The molecule has 0 saturated carbocycles. The number of aromatic nitrogens is 4. The predicted octanol–water partition coefficient (Wildman–Crippen LogP) is 9.03. The van der Waals surface area contributed by atoms with Crippen LogP contribution in [0.5, 0.6) is 0 Å². The van der Waals surface area contributed by atoms with Gasteiger partial charge in [0.1, 0.15) is 5.52 Å². The Hall–Kier alpha value is -5.48. The Morgan fingerprint density at radius 2 is 1.18 bits per heavy atom. The molecule has 0 aliphatic rings. The molecule has 0 N–H and O–H groups in total. The number of benzene rings is 6. The van der Waals surface area contributed by atoms with Crippen molar-refractivity contribution < 1.29 is 0 Å². The highest BCUT2D eigenvalue weighted by Gasteiger charge is 2.25. The Balaban J connectivity index is 1.54. The Morgan fingerprint density at radius 1 is 0.475 bits per heavy atom. The minimum Gasteiger partial charge on any atom is -0.309 e. The topological polar surface area (TPSA) is 35.1 Å². The summed E-state index contributed by atoms with van der Waals surface area (Å²) in [5.74, 6) is 0. The average Bonchev–Trinajstić information content (AvgIpc) is 3.64. The van der Waals surface area contributed by atoms with Gasteiger partial charge in [0.15, 0.2) is 5.65 Å². The lowest BCUT2D eigenvalue weighted by molar-refractivity contribution is 1.18. The molecule has 6 aromatic carbocycles. The van der Waals surface area contributed by atoms with Gasteiger partial charge in [-0.25, -0.2) is 9.97 Å². The van der Waals surface area contributed by atoms with Crippen LogP contribution in [0.15, 0.2) is 121 Å². The van der Waals surface area contributed by atoms with Gasteiger partial charge in [-0.05, 0) is 59.3 Å². The van der Waals surface area contributed by atoms with Crippen molar-refractivity contribution in [3.05, 3.63) is 121 Å². The predicted molar refractivity (Wildman–Crippen MR) is 166 cm³/mol. The van der Waals surface area contributed by atoms with Crippen LogP contribution in [0, 0.1) is 0 Å². The summed E-state index contributed by atoms with van der Waals surface area (Å²) in [4.78, 5) is 10.3. The van der Waals surface area contributed by atoms with E-state index in [1.165, 1.54) is 54.4 Å². The van der Waals surface area contributed by atoms with Crippen LogP contribution in [0.25, 0.3) is 87.7 Å². The van der Waals surface area contributed by atoms with E-state index in [-0.39, 0.29) is 0 Å². The lowest BCUT2D eigenvalue weighted by Crippen LogP contribution is -1.93. The zero-order chi connectivity index (χ0) is 25.9. The molecule has 4 heterocycles. The standard InChI is InChI=1S/C36H20N4/c1-2-11-22(12-3-1)39-28-17-9-6-14-24(28)31-29(39)18-19-30-33(31)32-23-13-5-4-10-21(23)20-25-34-36(40(30)35(25)32)38-27-16-8-7-15-26(27)37-34/h1-20H. The number of nitrogens with zero attached hydrogens (tertiary/aromatic N) is 4. The first kappa shape index (κ1) is 20.5. The first-order chi connectivity index (χ1) is 19.9. The van der Waals surface area contributed by atoms with Crippen molar-refractivity contribution >= 4 is 82.0 Å². The summed E-state index contributed by atoms with van der Waals surface area (Å²) < 4.78 is 4.75. The lowest BCUT2D eigenvalue weighted by Gasteiger charge is -2.08. The van der Waals surface area contributed by atoms with Gasteiger partial charge in [-0.1, -0.05) is 72.8 Å². The van der Waals surface area contributed by atoms with E-state index in [0.717, 1.165) is 33.3 Å². The third-order valence-electron chi connectivity index (χ3n) is 8.59. The van der Waals surface area contributed by atoms with Crippen molar-refractivity contribution in [1.82, 2.24) is 18.9 Å². The fraction of sp³-hybridized carbons (Fsp3) is 0. The smallest absolute Gasteiger partial charge is 0.165 e. The van der Waals surface area contributed by atoms with Gasteiger partial charge in [0.05, 0.1) is 33.1 Å². The average molecular weight is 509 g/mol. The second-order valence-corrected chi connectivity index (χ2v) is 10.6. The number of rotatable bonds is 1. The fourth-order valence-corrected chi connectivity index (χ4v) is 7.01. The third kappa shape index (κ3) is 2.38. The molecule has 184 valence electrons. The lowest BCUT2D eigenvalue weighted by atomic mass is 9.99. The van der Waals surface area contributed by atoms with Crippen molar-refractivity contribution in [3.8, 4) is 5.69 Å². The van der Waals surface area contributed by atoms with E-state index in [4.69, 9.17) is 9.97 Å². The van der Waals surface area contributed by atoms with E-state index < -0.39 is 0 Å². The molecular formula is C36H20N4. The maximum atomic E-state index is 5.20. The van der Waals surface area contributed by atoms with Crippen LogP contribution in [0.4, 0.5) is 0 Å². The molecule has 0 bridgehead atoms. The first-order valence-corrected chi connectivity index (χ1v) is 13.6. The summed E-state index contributed by atoms with van der Waals surface area (Å²) in [5, 5.41) is 8.71. The number of para-hydroxylation sites is 4. The highest BCUT2D eigenvalue weighted by Crippen LogP contribution is 2.47. The zero-order valence-electron chi connectivity index (χ0n) is 21.3. The zero-order valence-corrected chi connectivity index (χ0v) is 21.3. The van der Waals surface area contributed by atoms with E-state index in [2.05, 4.69) is 118 Å². The van der Waals surface area contributed by atoms with E-state index in [9.17, 15) is 0 Å². The Bertz CT molecular complexity index is 2640. The number of hydrogen-bond acceptors (Lipinski definition) is 2. The van der Waals surface area contributed by atoms with Crippen LogP contribution in [0.3, 0.4) is 0 Å². The summed E-state index contributed by atoms with van der Waals surface area (Å²) >= 11 is 0. The van der Waals surface area contributed by atoms with Crippen molar-refractivity contribution in [2.24, 2.45) is 0 Å². The normalized spacial score (nSPS) is 12.5. The van der Waals surface area contributed by atoms with Crippen LogP contribution in [-0.2, 0) is 0 Å². The van der Waals surface area contributed by atoms with E-state index in [1.807, 2.05) is 12.1 Å². The molecule has 0 atom stereocenters. The Morgan fingerprint density at radius 3 is 2.05 bits per heavy atom. The van der Waals surface area contributed by atoms with E-state index in [1.54, 1.807) is 0 Å². The first-order valence-electron chi connectivity index (χ1n) is 13.6. The van der Waals surface area contributed by atoms with Crippen molar-refractivity contribution in [3.63, 3.8) is 0 Å². The molecule has 0 spiro atoms. The van der Waals surface area contributed by atoms with Crippen LogP contribution >= 0.6 is 0 Å².